The van der Waals surface area contributed by atoms with Crippen molar-refractivity contribution in [1.29, 1.82) is 0 Å². The van der Waals surface area contributed by atoms with E-state index >= 15 is 0 Å². The van der Waals surface area contributed by atoms with E-state index in [1.807, 2.05) is 0 Å². The third-order valence-corrected chi connectivity index (χ3v) is 0.516. The van der Waals surface area contributed by atoms with Crippen LogP contribution in [0.25, 0.3) is 0 Å². The monoisotopic (exact) mass is 392 g/mol. The number of carbonyl (C=O) groups is 4. The van der Waals surface area contributed by atoms with Crippen LogP contribution in [0.2, 0.25) is 0 Å². The fourth-order valence-electron chi connectivity index (χ4n) is 0. The molecule has 0 amide bonds. The molecule has 0 atom stereocenters. The quantitative estimate of drug-likeness (QED) is 0.326. The normalized spacial score (nSPS) is 6.17. The molecular formula is C8H12Na4O12. The van der Waals surface area contributed by atoms with Gasteiger partial charge in [0.25, 0.3) is 0 Å². The van der Waals surface area contributed by atoms with Crippen LogP contribution >= 0.6 is 0 Å². The van der Waals surface area contributed by atoms with Gasteiger partial charge in [-0.1, -0.05) is 0 Å². The average molecular weight is 392 g/mol. The van der Waals surface area contributed by atoms with Gasteiger partial charge in [-0.25, -0.2) is 0 Å². The second-order valence-corrected chi connectivity index (χ2v) is 2.12. The summed E-state index contributed by atoms with van der Waals surface area (Å²) in [5, 5.41) is 66.0. The minimum absolute atomic E-state index is 0. The Balaban J connectivity index is -0.0000000225. The van der Waals surface area contributed by atoms with E-state index in [1.54, 1.807) is 0 Å². The molecule has 0 fully saturated rings. The fraction of sp³-hybridized carbons (Fsp3) is 0.500. The van der Waals surface area contributed by atoms with Gasteiger partial charge in [0.15, 0.2) is 0 Å². The van der Waals surface area contributed by atoms with Gasteiger partial charge in [0, 0.05) is 0 Å². The molecule has 0 aliphatic rings. The van der Waals surface area contributed by atoms with Crippen molar-refractivity contribution in [3.63, 3.8) is 0 Å². The molecule has 4 N–H and O–H groups in total. The van der Waals surface area contributed by atoms with Crippen LogP contribution in [0.1, 0.15) is 0 Å². The number of hydrogen-bond donors (Lipinski definition) is 4. The van der Waals surface area contributed by atoms with Gasteiger partial charge < -0.3 is 60.0 Å². The second-order valence-electron chi connectivity index (χ2n) is 2.12. The van der Waals surface area contributed by atoms with Gasteiger partial charge >= 0.3 is 118 Å². The zero-order valence-corrected chi connectivity index (χ0v) is 21.9. The maximum atomic E-state index is 9.01. The topological polar surface area (TPSA) is 241 Å². The van der Waals surface area contributed by atoms with Gasteiger partial charge in [-0.3, -0.25) is 0 Å². The standard InChI is InChI=1S/4C2H4O3.4Na/c4*3-1-2(4)5;;;;/h4*3H,1H2,(H,4,5);;;;/q;;;;4*+1/p-4. The van der Waals surface area contributed by atoms with Crippen molar-refractivity contribution in [2.24, 2.45) is 0 Å². The molecule has 0 aliphatic heterocycles. The molecule has 0 saturated carbocycles. The van der Waals surface area contributed by atoms with Gasteiger partial charge in [0.1, 0.15) is 0 Å². The minimum atomic E-state index is -1.44. The Bertz CT molecular complexity index is 232. The van der Waals surface area contributed by atoms with Crippen molar-refractivity contribution in [3.8, 4) is 0 Å². The summed E-state index contributed by atoms with van der Waals surface area (Å²) >= 11 is 0. The Labute approximate surface area is 225 Å². The van der Waals surface area contributed by atoms with E-state index in [1.165, 1.54) is 0 Å². The first-order valence-corrected chi connectivity index (χ1v) is 4.31. The molecule has 120 valence electrons. The van der Waals surface area contributed by atoms with Crippen LogP contribution in [0.3, 0.4) is 0 Å². The number of carbonyl (C=O) groups excluding carboxylic acids is 4. The number of carboxylic acids is 4. The summed E-state index contributed by atoms with van der Waals surface area (Å²) in [7, 11) is 0. The van der Waals surface area contributed by atoms with E-state index in [4.69, 9.17) is 60.0 Å². The van der Waals surface area contributed by atoms with Crippen molar-refractivity contribution >= 4 is 23.9 Å². The summed E-state index contributed by atoms with van der Waals surface area (Å²) < 4.78 is 0. The fourth-order valence-corrected chi connectivity index (χ4v) is 0. The molecule has 16 heteroatoms. The number of hydrogen-bond acceptors (Lipinski definition) is 12. The van der Waals surface area contributed by atoms with E-state index in [0.717, 1.165) is 0 Å². The number of aliphatic hydroxyl groups excluding tert-OH is 4. The van der Waals surface area contributed by atoms with Gasteiger partial charge in [-0.2, -0.15) is 0 Å². The third kappa shape index (κ3) is 130. The first-order chi connectivity index (χ1) is 9.08. The molecule has 0 aliphatic carbocycles. The molecule has 0 aromatic carbocycles. The smallest absolute Gasteiger partial charge is 0.548 e. The van der Waals surface area contributed by atoms with E-state index in [-0.39, 0.29) is 118 Å². The average Bonchev–Trinajstić information content (AvgIpc) is 2.40. The van der Waals surface area contributed by atoms with E-state index in [2.05, 4.69) is 0 Å². The summed E-state index contributed by atoms with van der Waals surface area (Å²) in [5.74, 6) is -5.76. The second kappa shape index (κ2) is 44.3. The van der Waals surface area contributed by atoms with Crippen LogP contribution in [0.15, 0.2) is 0 Å². The Morgan fingerprint density at radius 2 is 0.500 bits per heavy atom. The third-order valence-electron chi connectivity index (χ3n) is 0.516. The molecule has 0 spiro atoms. The zero-order chi connectivity index (χ0) is 17.1. The first-order valence-electron chi connectivity index (χ1n) is 4.31. The Morgan fingerprint density at radius 3 is 0.500 bits per heavy atom. The Morgan fingerprint density at radius 1 is 0.458 bits per heavy atom. The molecule has 12 nitrogen and oxygen atoms in total. The SMILES string of the molecule is O=C([O-])CO.O=C([O-])CO.O=C([O-])CO.O=C([O-])CO.[Na+].[Na+].[Na+].[Na+]. The molecule has 0 saturated heterocycles. The van der Waals surface area contributed by atoms with Crippen molar-refractivity contribution < 1.29 is 178 Å². The summed E-state index contributed by atoms with van der Waals surface area (Å²) in [5.41, 5.74) is 0. The van der Waals surface area contributed by atoms with Crippen LogP contribution < -0.4 is 139 Å². The number of rotatable bonds is 4. The van der Waals surface area contributed by atoms with Crippen molar-refractivity contribution in [1.82, 2.24) is 0 Å². The van der Waals surface area contributed by atoms with Gasteiger partial charge in [-0.15, -0.1) is 0 Å². The van der Waals surface area contributed by atoms with Crippen LogP contribution in [-0.2, 0) is 19.2 Å². The summed E-state index contributed by atoms with van der Waals surface area (Å²) in [4.78, 5) is 36.0. The van der Waals surface area contributed by atoms with Crippen molar-refractivity contribution in [2.45, 2.75) is 0 Å². The molecule has 0 aromatic rings. The van der Waals surface area contributed by atoms with E-state index in [0.29, 0.717) is 0 Å². The summed E-state index contributed by atoms with van der Waals surface area (Å²) in [6.07, 6.45) is 0. The van der Waals surface area contributed by atoms with Gasteiger partial charge in [0.05, 0.1) is 50.3 Å². The molecule has 0 heterocycles. The maximum Gasteiger partial charge on any atom is 1.00 e. The van der Waals surface area contributed by atoms with Crippen LogP contribution in [-0.4, -0.2) is 70.7 Å². The minimum Gasteiger partial charge on any atom is -0.548 e. The summed E-state index contributed by atoms with van der Waals surface area (Å²) in [6, 6.07) is 0. The molecule has 0 rings (SSSR count). The summed E-state index contributed by atoms with van der Waals surface area (Å²) in [6.45, 7) is -3.56. The predicted molar refractivity (Wildman–Crippen MR) is 48.4 cm³/mol. The van der Waals surface area contributed by atoms with Crippen LogP contribution in [0, 0.1) is 0 Å². The predicted octanol–water partition coefficient (Wildman–Crippen LogP) is -21.1. The van der Waals surface area contributed by atoms with E-state index in [9.17, 15) is 0 Å². The number of aliphatic hydroxyl groups is 4. The first kappa shape index (κ1) is 50.1. The van der Waals surface area contributed by atoms with Gasteiger partial charge in [-0.05, 0) is 0 Å². The van der Waals surface area contributed by atoms with Crippen LogP contribution in [0.4, 0.5) is 0 Å². The number of aliphatic carboxylic acids is 4. The zero-order valence-electron chi connectivity index (χ0n) is 13.9. The van der Waals surface area contributed by atoms with Crippen molar-refractivity contribution in [3.05, 3.63) is 0 Å². The molecular weight excluding hydrogens is 380 g/mol. The molecule has 0 aromatic heterocycles. The van der Waals surface area contributed by atoms with E-state index < -0.39 is 50.3 Å². The maximum absolute atomic E-state index is 9.01. The van der Waals surface area contributed by atoms with Crippen LogP contribution in [0.5, 0.6) is 0 Å². The number of carboxylic acid groups (broad SMARTS) is 4. The Kier molecular flexibility index (Phi) is 92.4. The molecule has 0 bridgehead atoms. The Hall–Kier alpha value is 1.72. The molecule has 0 unspecified atom stereocenters. The largest absolute Gasteiger partial charge is 1.00 e. The van der Waals surface area contributed by atoms with Crippen molar-refractivity contribution in [2.75, 3.05) is 26.4 Å². The molecule has 0 radical (unpaired) electrons. The van der Waals surface area contributed by atoms with Gasteiger partial charge in [0.2, 0.25) is 0 Å². The molecule has 24 heavy (non-hydrogen) atoms.